The molecule has 1 aliphatic rings. The quantitative estimate of drug-likeness (QED) is 0.286. The highest BCUT2D eigenvalue weighted by atomic mass is 32.2. The second-order valence-electron chi connectivity index (χ2n) is 9.20. The first-order valence-corrected chi connectivity index (χ1v) is 13.5. The standard InChI is InChI=1S/C31H26N2O3S/c1-21-12-15-25(16-13-21)37(34,35)33-30(22-8-4-3-5-9-22)18-23-10-6-7-11-26(23)31(33)28-20-32-29-17-14-24(36-2)19-27(28)29/h3-20,31-32H,1-2H3/t31-/m1/s1. The van der Waals surface area contributed by atoms with Gasteiger partial charge in [-0.15, -0.1) is 0 Å². The van der Waals surface area contributed by atoms with Crippen LogP contribution in [0.3, 0.4) is 0 Å². The Balaban J connectivity index is 1.67. The minimum atomic E-state index is -3.96. The first-order valence-electron chi connectivity index (χ1n) is 12.1. The zero-order valence-corrected chi connectivity index (χ0v) is 21.4. The summed E-state index contributed by atoms with van der Waals surface area (Å²) in [7, 11) is -2.33. The van der Waals surface area contributed by atoms with Gasteiger partial charge in [0.2, 0.25) is 0 Å². The Morgan fingerprint density at radius 3 is 2.32 bits per heavy atom. The third-order valence-corrected chi connectivity index (χ3v) is 8.71. The van der Waals surface area contributed by atoms with Gasteiger partial charge in [0, 0.05) is 22.7 Å². The average molecular weight is 507 g/mol. The van der Waals surface area contributed by atoms with E-state index in [1.165, 1.54) is 0 Å². The van der Waals surface area contributed by atoms with Crippen molar-refractivity contribution in [2.75, 3.05) is 7.11 Å². The largest absolute Gasteiger partial charge is 0.497 e. The topological polar surface area (TPSA) is 62.4 Å². The number of fused-ring (bicyclic) bond motifs is 2. The van der Waals surface area contributed by atoms with Crippen LogP contribution >= 0.6 is 0 Å². The summed E-state index contributed by atoms with van der Waals surface area (Å²) in [4.78, 5) is 3.60. The van der Waals surface area contributed by atoms with E-state index in [0.29, 0.717) is 11.4 Å². The van der Waals surface area contributed by atoms with Crippen LogP contribution < -0.4 is 4.74 Å². The van der Waals surface area contributed by atoms with Crippen molar-refractivity contribution in [2.45, 2.75) is 17.9 Å². The fourth-order valence-electron chi connectivity index (χ4n) is 5.05. The summed E-state index contributed by atoms with van der Waals surface area (Å²) in [5, 5.41) is 0.914. The Hall–Kier alpha value is -4.29. The predicted octanol–water partition coefficient (Wildman–Crippen LogP) is 6.78. The molecule has 0 bridgehead atoms. The van der Waals surface area contributed by atoms with Crippen LogP contribution in [-0.2, 0) is 10.0 Å². The minimum absolute atomic E-state index is 0.252. The van der Waals surface area contributed by atoms with E-state index in [2.05, 4.69) is 4.98 Å². The van der Waals surface area contributed by atoms with E-state index < -0.39 is 16.1 Å². The number of H-pyrrole nitrogens is 1. The number of nitrogens with one attached hydrogen (secondary N) is 1. The van der Waals surface area contributed by atoms with Crippen LogP contribution in [0.4, 0.5) is 0 Å². The highest BCUT2D eigenvalue weighted by Crippen LogP contribution is 2.47. The van der Waals surface area contributed by atoms with Crippen LogP contribution in [0.1, 0.15) is 33.9 Å². The molecule has 0 saturated heterocycles. The number of aromatic amines is 1. The van der Waals surface area contributed by atoms with Crippen molar-refractivity contribution in [1.29, 1.82) is 0 Å². The van der Waals surface area contributed by atoms with Crippen LogP contribution in [0.2, 0.25) is 0 Å². The lowest BCUT2D eigenvalue weighted by atomic mass is 9.89. The molecule has 0 unspecified atom stereocenters. The number of ether oxygens (including phenoxy) is 1. The summed E-state index contributed by atoms with van der Waals surface area (Å²) >= 11 is 0. The molecule has 6 heteroatoms. The Bertz CT molecular complexity index is 1740. The highest BCUT2D eigenvalue weighted by molar-refractivity contribution is 7.89. The van der Waals surface area contributed by atoms with E-state index in [1.54, 1.807) is 23.5 Å². The fourth-order valence-corrected chi connectivity index (χ4v) is 6.68. The molecule has 1 aromatic heterocycles. The zero-order valence-electron chi connectivity index (χ0n) is 20.5. The maximum absolute atomic E-state index is 14.5. The molecule has 0 saturated carbocycles. The van der Waals surface area contributed by atoms with Crippen LogP contribution in [0.5, 0.6) is 5.75 Å². The first kappa shape index (κ1) is 23.1. The fraction of sp³-hybridized carbons (Fsp3) is 0.0968. The summed E-state index contributed by atoms with van der Waals surface area (Å²) in [6.45, 7) is 1.95. The van der Waals surface area contributed by atoms with Gasteiger partial charge in [0.25, 0.3) is 10.0 Å². The lowest BCUT2D eigenvalue weighted by Crippen LogP contribution is -2.36. The van der Waals surface area contributed by atoms with E-state index in [-0.39, 0.29) is 4.90 Å². The lowest BCUT2D eigenvalue weighted by molar-refractivity contribution is 0.415. The molecule has 37 heavy (non-hydrogen) atoms. The molecule has 1 atom stereocenters. The lowest BCUT2D eigenvalue weighted by Gasteiger charge is -2.38. The van der Waals surface area contributed by atoms with Crippen molar-refractivity contribution in [3.8, 4) is 5.75 Å². The molecule has 0 spiro atoms. The van der Waals surface area contributed by atoms with E-state index >= 15 is 0 Å². The Kier molecular flexibility index (Phi) is 5.61. The number of methoxy groups -OCH3 is 1. The SMILES string of the molecule is COc1ccc2[nH]cc([C@H]3c4ccccc4C=C(c4ccccc4)N3S(=O)(=O)c3ccc(C)cc3)c2c1. The summed E-state index contributed by atoms with van der Waals surface area (Å²) in [6.07, 6.45) is 3.89. The van der Waals surface area contributed by atoms with Crippen molar-refractivity contribution in [1.82, 2.24) is 9.29 Å². The van der Waals surface area contributed by atoms with Gasteiger partial charge >= 0.3 is 0 Å². The van der Waals surface area contributed by atoms with Gasteiger partial charge in [-0.05, 0) is 60.0 Å². The average Bonchev–Trinajstić information content (AvgIpc) is 3.35. The third-order valence-electron chi connectivity index (χ3n) is 6.92. The molecule has 6 rings (SSSR count). The van der Waals surface area contributed by atoms with Gasteiger partial charge in [-0.2, -0.15) is 0 Å². The van der Waals surface area contributed by atoms with Crippen molar-refractivity contribution < 1.29 is 13.2 Å². The monoisotopic (exact) mass is 506 g/mol. The number of rotatable bonds is 5. The molecule has 1 aliphatic heterocycles. The van der Waals surface area contributed by atoms with Gasteiger partial charge in [0.1, 0.15) is 5.75 Å². The van der Waals surface area contributed by atoms with Gasteiger partial charge in [-0.25, -0.2) is 8.42 Å². The minimum Gasteiger partial charge on any atom is -0.497 e. The third kappa shape index (κ3) is 3.90. The number of aromatic nitrogens is 1. The number of hydrogen-bond acceptors (Lipinski definition) is 3. The summed E-state index contributed by atoms with van der Waals surface area (Å²) in [6, 6.07) is 29.9. The Labute approximate surface area is 216 Å². The van der Waals surface area contributed by atoms with E-state index in [9.17, 15) is 8.42 Å². The number of aryl methyl sites for hydroxylation is 1. The molecule has 1 N–H and O–H groups in total. The van der Waals surface area contributed by atoms with E-state index in [1.807, 2.05) is 104 Å². The summed E-state index contributed by atoms with van der Waals surface area (Å²) in [5.41, 5.74) is 6.13. The molecule has 0 aliphatic carbocycles. The molecule has 0 amide bonds. The van der Waals surface area contributed by atoms with Crippen molar-refractivity contribution >= 4 is 32.7 Å². The van der Waals surface area contributed by atoms with Gasteiger partial charge < -0.3 is 9.72 Å². The molecule has 5 nitrogen and oxygen atoms in total. The number of nitrogens with zero attached hydrogens (tertiary/aromatic N) is 1. The van der Waals surface area contributed by atoms with Crippen LogP contribution in [0.15, 0.2) is 108 Å². The maximum Gasteiger partial charge on any atom is 0.265 e. The molecule has 2 heterocycles. The summed E-state index contributed by atoms with van der Waals surface area (Å²) in [5.74, 6) is 0.712. The normalized spacial score (nSPS) is 15.4. The Morgan fingerprint density at radius 2 is 1.57 bits per heavy atom. The highest BCUT2D eigenvalue weighted by Gasteiger charge is 2.40. The van der Waals surface area contributed by atoms with Crippen LogP contribution in [0.25, 0.3) is 22.7 Å². The molecule has 0 radical (unpaired) electrons. The zero-order chi connectivity index (χ0) is 25.6. The number of sulfonamides is 1. The predicted molar refractivity (Wildman–Crippen MR) is 148 cm³/mol. The second-order valence-corrected chi connectivity index (χ2v) is 11.0. The molecular formula is C31H26N2O3S. The van der Waals surface area contributed by atoms with Gasteiger partial charge in [-0.3, -0.25) is 4.31 Å². The molecular weight excluding hydrogens is 480 g/mol. The summed E-state index contributed by atoms with van der Waals surface area (Å²) < 4.78 is 36.1. The molecule has 4 aromatic carbocycles. The smallest absolute Gasteiger partial charge is 0.265 e. The first-order chi connectivity index (χ1) is 18.0. The van der Waals surface area contributed by atoms with Crippen LogP contribution in [0, 0.1) is 6.92 Å². The van der Waals surface area contributed by atoms with Gasteiger partial charge in [0.05, 0.1) is 23.7 Å². The Morgan fingerprint density at radius 1 is 0.838 bits per heavy atom. The van der Waals surface area contributed by atoms with E-state index in [4.69, 9.17) is 4.74 Å². The van der Waals surface area contributed by atoms with Crippen molar-refractivity contribution in [3.05, 3.63) is 131 Å². The van der Waals surface area contributed by atoms with E-state index in [0.717, 1.165) is 38.7 Å². The molecule has 184 valence electrons. The molecule has 0 fully saturated rings. The maximum atomic E-state index is 14.5. The second kappa shape index (κ2) is 8.98. The van der Waals surface area contributed by atoms with Crippen molar-refractivity contribution in [3.63, 3.8) is 0 Å². The van der Waals surface area contributed by atoms with Gasteiger partial charge in [-0.1, -0.05) is 72.3 Å². The van der Waals surface area contributed by atoms with Crippen LogP contribution in [-0.4, -0.2) is 24.8 Å². The number of hydrogen-bond donors (Lipinski definition) is 1. The molecule has 5 aromatic rings. The number of benzene rings is 4. The van der Waals surface area contributed by atoms with Gasteiger partial charge in [0.15, 0.2) is 0 Å². The van der Waals surface area contributed by atoms with Crippen molar-refractivity contribution in [2.24, 2.45) is 0 Å².